The normalized spacial score (nSPS) is 15.1. The molecule has 1 fully saturated rings. The third-order valence-electron chi connectivity index (χ3n) is 3.08. The van der Waals surface area contributed by atoms with Crippen LogP contribution in [0.25, 0.3) is 10.1 Å². The highest BCUT2D eigenvalue weighted by atomic mass is 35.5. The maximum atomic E-state index is 4.55. The van der Waals surface area contributed by atoms with Crippen LogP contribution in [0.5, 0.6) is 0 Å². The molecule has 0 bridgehead atoms. The van der Waals surface area contributed by atoms with E-state index in [-0.39, 0.29) is 24.8 Å². The Kier molecular flexibility index (Phi) is 5.66. The van der Waals surface area contributed by atoms with Crippen molar-refractivity contribution in [1.82, 2.24) is 10.3 Å². The third kappa shape index (κ3) is 2.72. The average Bonchev–Trinajstić information content (AvgIpc) is 2.73. The van der Waals surface area contributed by atoms with Crippen LogP contribution < -0.4 is 10.2 Å². The van der Waals surface area contributed by atoms with Crippen molar-refractivity contribution >= 4 is 52.1 Å². The summed E-state index contributed by atoms with van der Waals surface area (Å²) in [6.45, 7) is 6.40. The lowest BCUT2D eigenvalue weighted by atomic mass is 10.2. The molecule has 0 saturated carbocycles. The Morgan fingerprint density at radius 1 is 1.28 bits per heavy atom. The summed E-state index contributed by atoms with van der Waals surface area (Å²) in [6, 6.07) is 2.12. The minimum Gasteiger partial charge on any atom is -0.353 e. The second kappa shape index (κ2) is 6.57. The summed E-state index contributed by atoms with van der Waals surface area (Å²) >= 11 is 1.81. The minimum atomic E-state index is 0. The van der Waals surface area contributed by atoms with Crippen LogP contribution in [-0.4, -0.2) is 31.2 Å². The maximum Gasteiger partial charge on any atom is 0.146 e. The fourth-order valence-corrected chi connectivity index (χ4v) is 3.24. The molecular weight excluding hydrogens is 289 g/mol. The van der Waals surface area contributed by atoms with Crippen LogP contribution >= 0.6 is 36.2 Å². The molecule has 0 atom stereocenters. The molecule has 1 aliphatic rings. The zero-order valence-corrected chi connectivity index (χ0v) is 12.6. The molecule has 0 aliphatic carbocycles. The van der Waals surface area contributed by atoms with Gasteiger partial charge in [-0.2, -0.15) is 0 Å². The first-order valence-corrected chi connectivity index (χ1v) is 6.53. The van der Waals surface area contributed by atoms with Crippen LogP contribution in [0.4, 0.5) is 5.82 Å². The quantitative estimate of drug-likeness (QED) is 0.878. The summed E-state index contributed by atoms with van der Waals surface area (Å²) in [4.78, 5) is 6.94. The van der Waals surface area contributed by atoms with Crippen molar-refractivity contribution in [2.24, 2.45) is 0 Å². The lowest BCUT2D eigenvalue weighted by Crippen LogP contribution is -2.43. The molecule has 2 aromatic rings. The van der Waals surface area contributed by atoms with E-state index in [2.05, 4.69) is 33.6 Å². The van der Waals surface area contributed by atoms with Crippen molar-refractivity contribution in [2.45, 2.75) is 6.92 Å². The second-order valence-corrected chi connectivity index (χ2v) is 5.05. The summed E-state index contributed by atoms with van der Waals surface area (Å²) < 4.78 is 1.34. The highest BCUT2D eigenvalue weighted by Crippen LogP contribution is 2.32. The fourth-order valence-electron chi connectivity index (χ4n) is 2.18. The molecule has 0 spiro atoms. The summed E-state index contributed by atoms with van der Waals surface area (Å²) in [7, 11) is 0. The molecule has 100 valence electrons. The van der Waals surface area contributed by atoms with Crippen LogP contribution in [0.3, 0.4) is 0 Å². The molecule has 0 radical (unpaired) electrons. The summed E-state index contributed by atoms with van der Waals surface area (Å²) in [5.74, 6) is 1.16. The number of aromatic nitrogens is 1. The molecule has 2 aromatic heterocycles. The number of rotatable bonds is 1. The molecule has 3 nitrogen and oxygen atoms in total. The van der Waals surface area contributed by atoms with Crippen LogP contribution in [0.15, 0.2) is 17.6 Å². The number of hydrogen-bond donors (Lipinski definition) is 1. The van der Waals surface area contributed by atoms with Gasteiger partial charge in [-0.3, -0.25) is 0 Å². The van der Waals surface area contributed by atoms with Crippen molar-refractivity contribution in [3.63, 3.8) is 0 Å². The van der Waals surface area contributed by atoms with Gasteiger partial charge in [0.2, 0.25) is 0 Å². The lowest BCUT2D eigenvalue weighted by Gasteiger charge is -2.28. The largest absolute Gasteiger partial charge is 0.353 e. The van der Waals surface area contributed by atoms with E-state index in [0.29, 0.717) is 0 Å². The number of pyridine rings is 1. The zero-order valence-electron chi connectivity index (χ0n) is 10.2. The van der Waals surface area contributed by atoms with E-state index in [1.165, 1.54) is 15.6 Å². The first-order valence-electron chi connectivity index (χ1n) is 5.65. The predicted octanol–water partition coefficient (Wildman–Crippen LogP) is 2.86. The first-order chi connectivity index (χ1) is 7.86. The Labute approximate surface area is 123 Å². The Bertz CT molecular complexity index is 509. The van der Waals surface area contributed by atoms with Crippen molar-refractivity contribution in [3.05, 3.63) is 23.2 Å². The highest BCUT2D eigenvalue weighted by molar-refractivity contribution is 7.18. The number of fused-ring (bicyclic) bond motifs is 1. The maximum absolute atomic E-state index is 4.55. The van der Waals surface area contributed by atoms with E-state index in [9.17, 15) is 0 Å². The van der Waals surface area contributed by atoms with Gasteiger partial charge in [-0.05, 0) is 23.9 Å². The molecule has 1 saturated heterocycles. The van der Waals surface area contributed by atoms with Gasteiger partial charge in [0.15, 0.2) is 0 Å². The van der Waals surface area contributed by atoms with Crippen molar-refractivity contribution < 1.29 is 0 Å². The number of anilines is 1. The second-order valence-electron chi connectivity index (χ2n) is 4.17. The predicted molar refractivity (Wildman–Crippen MR) is 83.9 cm³/mol. The Morgan fingerprint density at radius 2 is 2.00 bits per heavy atom. The van der Waals surface area contributed by atoms with Gasteiger partial charge < -0.3 is 10.2 Å². The number of hydrogen-bond acceptors (Lipinski definition) is 4. The molecule has 0 aromatic carbocycles. The number of halogens is 2. The summed E-state index contributed by atoms with van der Waals surface area (Å²) in [5.41, 5.74) is 1.36. The topological polar surface area (TPSA) is 28.2 Å². The zero-order chi connectivity index (χ0) is 11.0. The van der Waals surface area contributed by atoms with E-state index in [0.717, 1.165) is 32.0 Å². The van der Waals surface area contributed by atoms with Crippen LogP contribution in [0.1, 0.15) is 5.56 Å². The first kappa shape index (κ1) is 15.5. The Balaban J connectivity index is 0.000000810. The number of piperazine rings is 1. The standard InChI is InChI=1S/C12H15N3S.2ClH/c1-9-8-16-11-10(9)2-3-14-12(11)15-6-4-13-5-7-15;;/h2-3,8,13H,4-7H2,1H3;2*1H. The van der Waals surface area contributed by atoms with Crippen LogP contribution in [0.2, 0.25) is 0 Å². The fraction of sp³-hybridized carbons (Fsp3) is 0.417. The van der Waals surface area contributed by atoms with Gasteiger partial charge in [-0.25, -0.2) is 4.98 Å². The monoisotopic (exact) mass is 305 g/mol. The van der Waals surface area contributed by atoms with Crippen molar-refractivity contribution in [2.75, 3.05) is 31.1 Å². The third-order valence-corrected chi connectivity index (χ3v) is 4.19. The van der Waals surface area contributed by atoms with E-state index in [1.807, 2.05) is 17.5 Å². The molecule has 6 heteroatoms. The van der Waals surface area contributed by atoms with Gasteiger partial charge in [0.1, 0.15) is 5.82 Å². The molecule has 0 unspecified atom stereocenters. The smallest absolute Gasteiger partial charge is 0.146 e. The average molecular weight is 306 g/mol. The van der Waals surface area contributed by atoms with E-state index >= 15 is 0 Å². The molecule has 1 N–H and O–H groups in total. The van der Waals surface area contributed by atoms with Crippen LogP contribution in [0, 0.1) is 6.92 Å². The van der Waals surface area contributed by atoms with Gasteiger partial charge in [0.05, 0.1) is 4.70 Å². The van der Waals surface area contributed by atoms with Gasteiger partial charge in [0, 0.05) is 37.8 Å². The van der Waals surface area contributed by atoms with E-state index < -0.39 is 0 Å². The van der Waals surface area contributed by atoms with E-state index in [4.69, 9.17) is 0 Å². The van der Waals surface area contributed by atoms with Gasteiger partial charge >= 0.3 is 0 Å². The lowest BCUT2D eigenvalue weighted by molar-refractivity contribution is 0.586. The molecule has 3 rings (SSSR count). The number of nitrogens with zero attached hydrogens (tertiary/aromatic N) is 2. The Hall–Kier alpha value is -0.550. The molecule has 18 heavy (non-hydrogen) atoms. The number of thiophene rings is 1. The molecular formula is C12H17Cl2N3S. The summed E-state index contributed by atoms with van der Waals surface area (Å²) in [6.07, 6.45) is 1.93. The SMILES string of the molecule is Cc1csc2c(N3CCNCC3)nccc12.Cl.Cl. The molecule has 1 aliphatic heterocycles. The molecule has 0 amide bonds. The highest BCUT2D eigenvalue weighted by Gasteiger charge is 2.15. The van der Waals surface area contributed by atoms with Gasteiger partial charge in [-0.15, -0.1) is 36.2 Å². The minimum absolute atomic E-state index is 0. The van der Waals surface area contributed by atoms with Crippen molar-refractivity contribution in [3.8, 4) is 0 Å². The molecule has 3 heterocycles. The number of aryl methyl sites for hydroxylation is 1. The van der Waals surface area contributed by atoms with Crippen LogP contribution in [-0.2, 0) is 0 Å². The van der Waals surface area contributed by atoms with Gasteiger partial charge in [-0.1, -0.05) is 0 Å². The Morgan fingerprint density at radius 3 is 2.72 bits per heavy atom. The van der Waals surface area contributed by atoms with Gasteiger partial charge in [0.25, 0.3) is 0 Å². The van der Waals surface area contributed by atoms with E-state index in [1.54, 1.807) is 0 Å². The van der Waals surface area contributed by atoms with Crippen molar-refractivity contribution in [1.29, 1.82) is 0 Å². The number of nitrogens with one attached hydrogen (secondary N) is 1. The summed E-state index contributed by atoms with van der Waals surface area (Å²) in [5, 5.41) is 6.95.